The van der Waals surface area contributed by atoms with Crippen LogP contribution in [-0.4, -0.2) is 5.91 Å². The number of carbonyl (C=O) groups is 1. The summed E-state index contributed by atoms with van der Waals surface area (Å²) in [6, 6.07) is 10.0. The summed E-state index contributed by atoms with van der Waals surface area (Å²) in [7, 11) is 0. The van der Waals surface area contributed by atoms with Gasteiger partial charge in [0.2, 0.25) is 0 Å². The normalized spacial score (nSPS) is 11.0. The Bertz CT molecular complexity index is 684. The molecule has 0 radical (unpaired) electrons. The molecule has 2 rings (SSSR count). The van der Waals surface area contributed by atoms with E-state index in [9.17, 15) is 22.9 Å². The number of para-hydroxylation sites is 1. The van der Waals surface area contributed by atoms with Crippen LogP contribution in [0.1, 0.15) is 15.9 Å². The summed E-state index contributed by atoms with van der Waals surface area (Å²) in [6.07, 6.45) is -4.57. The number of rotatable bonds is 3. The molecular weight excluding hydrogens is 285 g/mol. The highest BCUT2D eigenvalue weighted by molar-refractivity contribution is 6.05. The first-order chi connectivity index (χ1) is 9.91. The summed E-state index contributed by atoms with van der Waals surface area (Å²) >= 11 is 0. The van der Waals surface area contributed by atoms with Crippen molar-refractivity contribution in [2.45, 2.75) is 6.18 Å². The van der Waals surface area contributed by atoms with E-state index in [2.05, 4.69) is 10.5 Å². The van der Waals surface area contributed by atoms with E-state index in [1.54, 1.807) is 0 Å². The maximum Gasteiger partial charge on any atom is 0.418 e. The van der Waals surface area contributed by atoms with Crippen LogP contribution in [0.5, 0.6) is 0 Å². The smallest absolute Gasteiger partial charge is 0.321 e. The molecule has 1 amide bonds. The molecule has 0 aromatic heterocycles. The third-order valence-corrected chi connectivity index (χ3v) is 2.69. The van der Waals surface area contributed by atoms with Gasteiger partial charge in [-0.15, -0.1) is 4.91 Å². The molecule has 0 fully saturated rings. The molecule has 4 nitrogen and oxygen atoms in total. The molecule has 0 atom stereocenters. The minimum atomic E-state index is -4.57. The van der Waals surface area contributed by atoms with Gasteiger partial charge in [0.25, 0.3) is 5.91 Å². The number of hydrogen-bond donors (Lipinski definition) is 1. The Morgan fingerprint density at radius 1 is 1.05 bits per heavy atom. The number of nitrogens with zero attached hydrogens (tertiary/aromatic N) is 1. The second kappa shape index (κ2) is 5.74. The van der Waals surface area contributed by atoms with Gasteiger partial charge in [0.1, 0.15) is 5.69 Å². The predicted octanol–water partition coefficient (Wildman–Crippen LogP) is 4.36. The van der Waals surface area contributed by atoms with Gasteiger partial charge in [-0.05, 0) is 35.5 Å². The van der Waals surface area contributed by atoms with E-state index in [4.69, 9.17) is 0 Å². The lowest BCUT2D eigenvalue weighted by Crippen LogP contribution is -2.16. The molecular formula is C14H9F3N2O2. The third kappa shape index (κ3) is 3.44. The number of amides is 1. The van der Waals surface area contributed by atoms with Gasteiger partial charge in [0, 0.05) is 5.56 Å². The molecule has 108 valence electrons. The standard InChI is InChI=1S/C14H9F3N2O2/c15-14(16,17)11-6-1-2-7-12(11)18-13(20)9-4-3-5-10(8-9)19-21/h1-8H,(H,18,20). The minimum Gasteiger partial charge on any atom is -0.321 e. The van der Waals surface area contributed by atoms with E-state index in [1.807, 2.05) is 0 Å². The molecule has 21 heavy (non-hydrogen) atoms. The van der Waals surface area contributed by atoms with Gasteiger partial charge in [0.05, 0.1) is 11.3 Å². The van der Waals surface area contributed by atoms with Gasteiger partial charge in [-0.25, -0.2) is 0 Å². The van der Waals surface area contributed by atoms with Crippen LogP contribution >= 0.6 is 0 Å². The molecule has 0 aliphatic heterocycles. The van der Waals surface area contributed by atoms with Gasteiger partial charge < -0.3 is 5.32 Å². The highest BCUT2D eigenvalue weighted by Gasteiger charge is 2.33. The number of nitrogens with one attached hydrogen (secondary N) is 1. The van der Waals surface area contributed by atoms with Crippen LogP contribution in [-0.2, 0) is 6.18 Å². The number of nitroso groups, excluding NO2 is 1. The van der Waals surface area contributed by atoms with Gasteiger partial charge in [0.15, 0.2) is 0 Å². The van der Waals surface area contributed by atoms with Crippen LogP contribution in [0.3, 0.4) is 0 Å². The Morgan fingerprint density at radius 3 is 2.43 bits per heavy atom. The van der Waals surface area contributed by atoms with Crippen molar-refractivity contribution in [2.24, 2.45) is 5.18 Å². The average molecular weight is 294 g/mol. The van der Waals surface area contributed by atoms with Gasteiger partial charge in [-0.3, -0.25) is 4.79 Å². The Hall–Kier alpha value is -2.70. The van der Waals surface area contributed by atoms with Crippen LogP contribution in [0, 0.1) is 4.91 Å². The maximum absolute atomic E-state index is 12.8. The van der Waals surface area contributed by atoms with Crippen LogP contribution < -0.4 is 5.32 Å². The predicted molar refractivity (Wildman–Crippen MR) is 71.3 cm³/mol. The monoisotopic (exact) mass is 294 g/mol. The molecule has 0 saturated carbocycles. The summed E-state index contributed by atoms with van der Waals surface area (Å²) in [5, 5.41) is 4.85. The van der Waals surface area contributed by atoms with E-state index in [0.29, 0.717) is 0 Å². The largest absolute Gasteiger partial charge is 0.418 e. The number of benzene rings is 2. The fourth-order valence-corrected chi connectivity index (χ4v) is 1.74. The lowest BCUT2D eigenvalue weighted by molar-refractivity contribution is -0.136. The van der Waals surface area contributed by atoms with Crippen molar-refractivity contribution in [3.63, 3.8) is 0 Å². The zero-order chi connectivity index (χ0) is 15.5. The fraction of sp³-hybridized carbons (Fsp3) is 0.0714. The van der Waals surface area contributed by atoms with Crippen molar-refractivity contribution in [1.29, 1.82) is 0 Å². The van der Waals surface area contributed by atoms with Crippen molar-refractivity contribution < 1.29 is 18.0 Å². The van der Waals surface area contributed by atoms with Crippen LogP contribution in [0.25, 0.3) is 0 Å². The summed E-state index contributed by atoms with van der Waals surface area (Å²) in [5.74, 6) is -0.753. The number of halogens is 3. The molecule has 2 aromatic carbocycles. The molecule has 0 heterocycles. The number of anilines is 1. The summed E-state index contributed by atoms with van der Waals surface area (Å²) in [4.78, 5) is 22.3. The zero-order valence-electron chi connectivity index (χ0n) is 10.5. The van der Waals surface area contributed by atoms with Crippen molar-refractivity contribution in [2.75, 3.05) is 5.32 Å². The molecule has 0 saturated heterocycles. The Morgan fingerprint density at radius 2 is 1.76 bits per heavy atom. The molecule has 0 aliphatic carbocycles. The fourth-order valence-electron chi connectivity index (χ4n) is 1.74. The first-order valence-corrected chi connectivity index (χ1v) is 5.83. The van der Waals surface area contributed by atoms with Crippen molar-refractivity contribution in [3.8, 4) is 0 Å². The van der Waals surface area contributed by atoms with E-state index in [1.165, 1.54) is 36.4 Å². The van der Waals surface area contributed by atoms with E-state index in [0.717, 1.165) is 12.1 Å². The minimum absolute atomic E-state index is 0.0201. The van der Waals surface area contributed by atoms with E-state index >= 15 is 0 Å². The SMILES string of the molecule is O=Nc1cccc(C(=O)Nc2ccccc2C(F)(F)F)c1. The quantitative estimate of drug-likeness (QED) is 0.855. The molecule has 0 aliphatic rings. The van der Waals surface area contributed by atoms with Gasteiger partial charge >= 0.3 is 6.18 Å². The van der Waals surface area contributed by atoms with Crippen LogP contribution in [0.4, 0.5) is 24.5 Å². The average Bonchev–Trinajstić information content (AvgIpc) is 2.46. The van der Waals surface area contributed by atoms with E-state index in [-0.39, 0.29) is 16.9 Å². The lowest BCUT2D eigenvalue weighted by atomic mass is 10.1. The van der Waals surface area contributed by atoms with Gasteiger partial charge in [-0.2, -0.15) is 13.2 Å². The van der Waals surface area contributed by atoms with Crippen LogP contribution in [0.2, 0.25) is 0 Å². The summed E-state index contributed by atoms with van der Waals surface area (Å²) in [5.41, 5.74) is -1.22. The first-order valence-electron chi connectivity index (χ1n) is 5.83. The van der Waals surface area contributed by atoms with Gasteiger partial charge in [-0.1, -0.05) is 18.2 Å². The van der Waals surface area contributed by atoms with Crippen LogP contribution in [0.15, 0.2) is 53.7 Å². The molecule has 1 N–H and O–H groups in total. The number of hydrogen-bond acceptors (Lipinski definition) is 3. The topological polar surface area (TPSA) is 58.5 Å². The Kier molecular flexibility index (Phi) is 4.02. The maximum atomic E-state index is 12.8. The second-order valence-electron chi connectivity index (χ2n) is 4.14. The summed E-state index contributed by atoms with van der Waals surface area (Å²) < 4.78 is 38.4. The second-order valence-corrected chi connectivity index (χ2v) is 4.14. The zero-order valence-corrected chi connectivity index (χ0v) is 10.5. The lowest BCUT2D eigenvalue weighted by Gasteiger charge is -2.13. The number of carbonyl (C=O) groups excluding carboxylic acids is 1. The molecule has 0 spiro atoms. The highest BCUT2D eigenvalue weighted by atomic mass is 19.4. The number of alkyl halides is 3. The van der Waals surface area contributed by atoms with Crippen molar-refractivity contribution in [1.82, 2.24) is 0 Å². The highest BCUT2D eigenvalue weighted by Crippen LogP contribution is 2.34. The first kappa shape index (κ1) is 14.7. The molecule has 2 aromatic rings. The summed E-state index contributed by atoms with van der Waals surface area (Å²) in [6.45, 7) is 0. The Balaban J connectivity index is 2.30. The molecule has 0 bridgehead atoms. The molecule has 7 heteroatoms. The Labute approximate surface area is 117 Å². The van der Waals surface area contributed by atoms with Crippen molar-refractivity contribution in [3.05, 3.63) is 64.6 Å². The molecule has 0 unspecified atom stereocenters. The van der Waals surface area contributed by atoms with E-state index < -0.39 is 17.6 Å². The third-order valence-electron chi connectivity index (χ3n) is 2.69. The van der Waals surface area contributed by atoms with Crippen molar-refractivity contribution >= 4 is 17.3 Å².